The quantitative estimate of drug-likeness (QED) is 0.451. The van der Waals surface area contributed by atoms with Crippen molar-refractivity contribution in [3.8, 4) is 11.1 Å². The molecule has 3 heterocycles. The number of hydrogen-bond acceptors (Lipinski definition) is 7. The Labute approximate surface area is 206 Å². The molecule has 11 heteroatoms. The van der Waals surface area contributed by atoms with Crippen molar-refractivity contribution in [2.24, 2.45) is 0 Å². The van der Waals surface area contributed by atoms with Crippen molar-refractivity contribution in [1.82, 2.24) is 9.97 Å². The highest BCUT2D eigenvalue weighted by Gasteiger charge is 2.33. The number of nitrogens with one attached hydrogen (secondary N) is 2. The highest BCUT2D eigenvalue weighted by Crippen LogP contribution is 2.32. The summed E-state index contributed by atoms with van der Waals surface area (Å²) in [4.78, 5) is 22.8. The topological polar surface area (TPSA) is 99.6 Å². The monoisotopic (exact) mass is 501 g/mol. The van der Waals surface area contributed by atoms with Gasteiger partial charge in [0.1, 0.15) is 17.3 Å². The average Bonchev–Trinajstić information content (AvgIpc) is 2.88. The second-order valence-corrected chi connectivity index (χ2v) is 8.26. The molecule has 0 spiro atoms. The lowest BCUT2D eigenvalue weighted by Gasteiger charge is -2.28. The lowest BCUT2D eigenvalue weighted by atomic mass is 10.00. The Bertz CT molecular complexity index is 1230. The van der Waals surface area contributed by atoms with Gasteiger partial charge in [-0.2, -0.15) is 13.2 Å². The number of carbonyl (C=O) groups excluding carboxylic acids is 1. The second-order valence-electron chi connectivity index (χ2n) is 8.26. The Balaban J connectivity index is 1.64. The zero-order valence-corrected chi connectivity index (χ0v) is 19.6. The third kappa shape index (κ3) is 6.10. The van der Waals surface area contributed by atoms with Crippen molar-refractivity contribution >= 4 is 23.2 Å². The van der Waals surface area contributed by atoms with Crippen LogP contribution in [0.4, 0.5) is 30.5 Å². The minimum atomic E-state index is -4.64. The summed E-state index contributed by atoms with van der Waals surface area (Å²) in [6, 6.07) is 11.0. The molecule has 4 rings (SSSR count). The number of aliphatic hydroxyl groups is 1. The van der Waals surface area contributed by atoms with Gasteiger partial charge in [-0.05, 0) is 60.0 Å². The molecule has 36 heavy (non-hydrogen) atoms. The molecule has 8 nitrogen and oxygen atoms in total. The highest BCUT2D eigenvalue weighted by atomic mass is 19.4. The molecule has 0 radical (unpaired) electrons. The van der Waals surface area contributed by atoms with Gasteiger partial charge in [-0.1, -0.05) is 6.07 Å². The highest BCUT2D eigenvalue weighted by molar-refractivity contribution is 6.04. The lowest BCUT2D eigenvalue weighted by Crippen LogP contribution is -2.36. The number of aromatic nitrogens is 2. The van der Waals surface area contributed by atoms with Crippen molar-refractivity contribution in [2.45, 2.75) is 13.1 Å². The van der Waals surface area contributed by atoms with Crippen LogP contribution in [0.15, 0.2) is 48.7 Å². The van der Waals surface area contributed by atoms with E-state index in [1.165, 1.54) is 6.07 Å². The fourth-order valence-corrected chi connectivity index (χ4v) is 3.84. The summed E-state index contributed by atoms with van der Waals surface area (Å²) < 4.78 is 44.4. The summed E-state index contributed by atoms with van der Waals surface area (Å²) in [6.07, 6.45) is -3.68. The van der Waals surface area contributed by atoms with Crippen LogP contribution in [0.3, 0.4) is 0 Å². The summed E-state index contributed by atoms with van der Waals surface area (Å²) >= 11 is 0. The Kier molecular flexibility index (Phi) is 7.70. The van der Waals surface area contributed by atoms with Crippen LogP contribution in [0.2, 0.25) is 0 Å². The molecule has 0 aliphatic carbocycles. The number of rotatable bonds is 7. The van der Waals surface area contributed by atoms with Gasteiger partial charge in [0.2, 0.25) is 0 Å². The minimum Gasteiger partial charge on any atom is -0.395 e. The first-order chi connectivity index (χ1) is 17.2. The predicted molar refractivity (Wildman–Crippen MR) is 130 cm³/mol. The molecule has 190 valence electrons. The summed E-state index contributed by atoms with van der Waals surface area (Å²) in [6.45, 7) is 4.78. The van der Waals surface area contributed by atoms with Gasteiger partial charge in [-0.15, -0.1) is 0 Å². The molecule has 3 aromatic rings. The number of carbonyl (C=O) groups is 1. The summed E-state index contributed by atoms with van der Waals surface area (Å²) in [5, 5.41) is 15.0. The average molecular weight is 502 g/mol. The Morgan fingerprint density at radius 2 is 1.92 bits per heavy atom. The third-order valence-corrected chi connectivity index (χ3v) is 5.68. The van der Waals surface area contributed by atoms with E-state index in [9.17, 15) is 23.1 Å². The second kappa shape index (κ2) is 10.9. The maximum atomic E-state index is 13.0. The van der Waals surface area contributed by atoms with E-state index in [2.05, 4.69) is 25.5 Å². The Morgan fingerprint density at radius 1 is 1.14 bits per heavy atom. The number of halogens is 3. The van der Waals surface area contributed by atoms with Gasteiger partial charge in [0.05, 0.1) is 19.8 Å². The van der Waals surface area contributed by atoms with Crippen LogP contribution in [0.5, 0.6) is 0 Å². The number of amides is 1. The number of benzene rings is 1. The molecule has 0 bridgehead atoms. The van der Waals surface area contributed by atoms with E-state index < -0.39 is 17.8 Å². The van der Waals surface area contributed by atoms with E-state index in [-0.39, 0.29) is 12.2 Å². The van der Waals surface area contributed by atoms with Crippen molar-refractivity contribution in [1.29, 1.82) is 0 Å². The minimum absolute atomic E-state index is 0.0512. The SMILES string of the molecule is Cc1ccc(NC(=O)c2ccnc(C(F)(F)F)c2)cc1-c1cc(NCCO)nc(N2CCOCC2)c1. The number of morpholine rings is 1. The van der Waals surface area contributed by atoms with Gasteiger partial charge in [0.25, 0.3) is 5.91 Å². The molecule has 1 amide bonds. The van der Waals surface area contributed by atoms with Crippen LogP contribution < -0.4 is 15.5 Å². The molecule has 0 saturated carbocycles. The first-order valence-electron chi connectivity index (χ1n) is 11.4. The van der Waals surface area contributed by atoms with Crippen LogP contribution in [-0.2, 0) is 10.9 Å². The molecule has 1 fully saturated rings. The van der Waals surface area contributed by atoms with Crippen LogP contribution in [0.1, 0.15) is 21.6 Å². The number of pyridine rings is 2. The van der Waals surface area contributed by atoms with E-state index in [0.29, 0.717) is 44.4 Å². The molecule has 2 aromatic heterocycles. The van der Waals surface area contributed by atoms with E-state index in [0.717, 1.165) is 34.8 Å². The van der Waals surface area contributed by atoms with Gasteiger partial charge in [-0.3, -0.25) is 9.78 Å². The fraction of sp³-hybridized carbons (Fsp3) is 0.320. The third-order valence-electron chi connectivity index (χ3n) is 5.68. The van der Waals surface area contributed by atoms with Gasteiger partial charge >= 0.3 is 6.18 Å². The number of anilines is 3. The number of alkyl halides is 3. The van der Waals surface area contributed by atoms with Gasteiger partial charge in [0, 0.05) is 37.1 Å². The summed E-state index contributed by atoms with van der Waals surface area (Å²) in [7, 11) is 0. The molecule has 1 saturated heterocycles. The maximum Gasteiger partial charge on any atom is 0.433 e. The van der Waals surface area contributed by atoms with Crippen LogP contribution in [-0.4, -0.2) is 60.4 Å². The number of nitrogens with zero attached hydrogens (tertiary/aromatic N) is 3. The number of aryl methyl sites for hydroxylation is 1. The van der Waals surface area contributed by atoms with E-state index >= 15 is 0 Å². The smallest absolute Gasteiger partial charge is 0.395 e. The van der Waals surface area contributed by atoms with E-state index in [4.69, 9.17) is 4.74 Å². The Hall–Kier alpha value is -3.70. The Morgan fingerprint density at radius 3 is 2.64 bits per heavy atom. The first-order valence-corrected chi connectivity index (χ1v) is 11.4. The predicted octanol–water partition coefficient (Wildman–Crippen LogP) is 3.96. The zero-order chi connectivity index (χ0) is 25.7. The van der Waals surface area contributed by atoms with Gasteiger partial charge < -0.3 is 25.4 Å². The molecule has 0 atom stereocenters. The molecular weight excluding hydrogens is 475 g/mol. The summed E-state index contributed by atoms with van der Waals surface area (Å²) in [5.41, 5.74) is 1.75. The normalized spacial score (nSPS) is 14.0. The number of hydrogen-bond donors (Lipinski definition) is 3. The largest absolute Gasteiger partial charge is 0.433 e. The van der Waals surface area contributed by atoms with Crippen LogP contribution in [0.25, 0.3) is 11.1 Å². The number of aliphatic hydroxyl groups excluding tert-OH is 1. The molecule has 1 aliphatic heterocycles. The molecule has 1 aliphatic rings. The van der Waals surface area contributed by atoms with Crippen molar-refractivity contribution in [3.05, 3.63) is 65.5 Å². The van der Waals surface area contributed by atoms with Crippen LogP contribution >= 0.6 is 0 Å². The maximum absolute atomic E-state index is 13.0. The standard InChI is InChI=1S/C25H26F3N5O3/c1-16-2-3-19(31-24(35)17-4-5-29-21(12-17)25(26,27)28)15-20(16)18-13-22(30-6-9-34)32-23(14-18)33-7-10-36-11-8-33/h2-5,12-15,34H,6-11H2,1H3,(H,30,32)(H,31,35). The van der Waals surface area contributed by atoms with Gasteiger partial charge in [0.15, 0.2) is 0 Å². The zero-order valence-electron chi connectivity index (χ0n) is 19.6. The summed E-state index contributed by atoms with van der Waals surface area (Å²) in [5.74, 6) is 0.668. The van der Waals surface area contributed by atoms with Crippen molar-refractivity contribution in [2.75, 3.05) is 55.0 Å². The molecule has 0 unspecified atom stereocenters. The van der Waals surface area contributed by atoms with Gasteiger partial charge in [-0.25, -0.2) is 4.98 Å². The fourth-order valence-electron chi connectivity index (χ4n) is 3.84. The van der Waals surface area contributed by atoms with Crippen LogP contribution in [0, 0.1) is 6.92 Å². The van der Waals surface area contributed by atoms with E-state index in [1.54, 1.807) is 12.1 Å². The van der Waals surface area contributed by atoms with E-state index in [1.807, 2.05) is 25.1 Å². The molecule has 1 aromatic carbocycles. The number of ether oxygens (including phenoxy) is 1. The molecule has 3 N–H and O–H groups in total. The molecular formula is C25H26F3N5O3. The lowest BCUT2D eigenvalue weighted by molar-refractivity contribution is -0.141. The van der Waals surface area contributed by atoms with Crippen molar-refractivity contribution < 1.29 is 27.8 Å². The first kappa shape index (κ1) is 25.4. The van der Waals surface area contributed by atoms with Crippen molar-refractivity contribution in [3.63, 3.8) is 0 Å².